The van der Waals surface area contributed by atoms with Crippen molar-refractivity contribution in [1.82, 2.24) is 4.98 Å². The average Bonchev–Trinajstić information content (AvgIpc) is 2.08. The molecular formula is C7H2ClF4NO. The van der Waals surface area contributed by atoms with Crippen LogP contribution in [0.5, 0.6) is 0 Å². The number of aromatic nitrogens is 1. The number of rotatable bonds is 2. The minimum absolute atomic E-state index is 0.374. The van der Waals surface area contributed by atoms with E-state index in [9.17, 15) is 22.4 Å². The number of carbonyl (C=O) groups excluding carboxylic acids is 1. The fourth-order valence-corrected chi connectivity index (χ4v) is 1.03. The Kier molecular flexibility index (Phi) is 3.05. The van der Waals surface area contributed by atoms with Gasteiger partial charge in [0.2, 0.25) is 5.95 Å². The molecule has 0 aromatic carbocycles. The van der Waals surface area contributed by atoms with E-state index in [0.717, 1.165) is 0 Å². The molecule has 0 bridgehead atoms. The van der Waals surface area contributed by atoms with Gasteiger partial charge < -0.3 is 0 Å². The van der Waals surface area contributed by atoms with Crippen LogP contribution in [-0.4, -0.2) is 10.2 Å². The number of hydrogen-bond donors (Lipinski definition) is 0. The van der Waals surface area contributed by atoms with E-state index in [-0.39, 0.29) is 0 Å². The predicted octanol–water partition coefficient (Wildman–Crippen LogP) is 2.68. The fraction of sp³-hybridized carbons (Fsp3) is 0.143. The number of pyridine rings is 1. The molecule has 1 heterocycles. The number of carbonyl (C=O) groups is 1. The summed E-state index contributed by atoms with van der Waals surface area (Å²) in [7, 11) is 0. The third-order valence-corrected chi connectivity index (χ3v) is 1.63. The van der Waals surface area contributed by atoms with Gasteiger partial charge in [0.25, 0.3) is 11.7 Å². The smallest absolute Gasteiger partial charge is 0.266 e. The topological polar surface area (TPSA) is 30.0 Å². The molecule has 0 unspecified atom stereocenters. The Hall–Kier alpha value is -1.17. The second kappa shape index (κ2) is 3.91. The molecule has 0 radical (unpaired) electrons. The molecule has 0 amide bonds. The highest BCUT2D eigenvalue weighted by Crippen LogP contribution is 2.26. The summed E-state index contributed by atoms with van der Waals surface area (Å²) in [5.74, 6) is -3.40. The molecule has 0 fully saturated rings. The molecule has 0 N–H and O–H groups in total. The third-order valence-electron chi connectivity index (χ3n) is 1.44. The van der Waals surface area contributed by atoms with Crippen molar-refractivity contribution in [3.8, 4) is 0 Å². The van der Waals surface area contributed by atoms with Gasteiger partial charge in [0.05, 0.1) is 11.1 Å². The van der Waals surface area contributed by atoms with Crippen molar-refractivity contribution in [2.24, 2.45) is 0 Å². The van der Waals surface area contributed by atoms with Gasteiger partial charge >= 0.3 is 0 Å². The van der Waals surface area contributed by atoms with Gasteiger partial charge in [0.15, 0.2) is 5.82 Å². The van der Waals surface area contributed by atoms with Crippen molar-refractivity contribution in [2.75, 3.05) is 0 Å². The Morgan fingerprint density at radius 2 is 2.00 bits per heavy atom. The summed E-state index contributed by atoms with van der Waals surface area (Å²) in [5.41, 5.74) is -2.20. The van der Waals surface area contributed by atoms with Crippen LogP contribution in [0.15, 0.2) is 6.20 Å². The minimum atomic E-state index is -3.14. The second-order valence-electron chi connectivity index (χ2n) is 2.27. The molecule has 1 rings (SSSR count). The summed E-state index contributed by atoms with van der Waals surface area (Å²) in [5, 5.41) is -1.49. The summed E-state index contributed by atoms with van der Waals surface area (Å²) in [6.07, 6.45) is -2.77. The monoisotopic (exact) mass is 227 g/mol. The van der Waals surface area contributed by atoms with Crippen molar-refractivity contribution in [2.45, 2.75) is 6.43 Å². The molecule has 0 spiro atoms. The Bertz CT molecular complexity index is 382. The van der Waals surface area contributed by atoms with E-state index >= 15 is 0 Å². The summed E-state index contributed by atoms with van der Waals surface area (Å²) >= 11 is 4.82. The first kappa shape index (κ1) is 10.9. The summed E-state index contributed by atoms with van der Waals surface area (Å²) in [4.78, 5) is 13.3. The summed E-state index contributed by atoms with van der Waals surface area (Å²) < 4.78 is 49.6. The van der Waals surface area contributed by atoms with E-state index in [1.54, 1.807) is 0 Å². The number of nitrogens with zero attached hydrogens (tertiary/aromatic N) is 1. The maximum atomic E-state index is 12.8. The number of halogens is 5. The van der Waals surface area contributed by atoms with Crippen molar-refractivity contribution < 1.29 is 22.4 Å². The van der Waals surface area contributed by atoms with Crippen LogP contribution in [0.1, 0.15) is 22.3 Å². The number of alkyl halides is 2. The van der Waals surface area contributed by atoms with Crippen LogP contribution < -0.4 is 0 Å². The molecule has 0 aliphatic carbocycles. The van der Waals surface area contributed by atoms with E-state index in [2.05, 4.69) is 4.98 Å². The highest BCUT2D eigenvalue weighted by molar-refractivity contribution is 6.68. The van der Waals surface area contributed by atoms with Crippen LogP contribution in [0, 0.1) is 11.8 Å². The zero-order valence-corrected chi connectivity index (χ0v) is 7.16. The first-order chi connectivity index (χ1) is 6.45. The van der Waals surface area contributed by atoms with E-state index in [1.165, 1.54) is 0 Å². The zero-order valence-electron chi connectivity index (χ0n) is 6.40. The molecule has 14 heavy (non-hydrogen) atoms. The molecule has 1 aromatic heterocycles. The van der Waals surface area contributed by atoms with Crippen molar-refractivity contribution in [1.29, 1.82) is 0 Å². The molecule has 2 nitrogen and oxygen atoms in total. The molecule has 0 aliphatic rings. The highest BCUT2D eigenvalue weighted by atomic mass is 35.5. The van der Waals surface area contributed by atoms with Gasteiger partial charge in [-0.1, -0.05) is 0 Å². The minimum Gasteiger partial charge on any atom is -0.275 e. The molecule has 0 atom stereocenters. The van der Waals surface area contributed by atoms with E-state index in [1.807, 2.05) is 0 Å². The van der Waals surface area contributed by atoms with Crippen molar-refractivity contribution in [3.05, 3.63) is 29.1 Å². The zero-order chi connectivity index (χ0) is 10.9. The lowest BCUT2D eigenvalue weighted by atomic mass is 10.1. The quantitative estimate of drug-likeness (QED) is 0.442. The molecule has 0 saturated heterocycles. The van der Waals surface area contributed by atoms with Crippen LogP contribution in [-0.2, 0) is 0 Å². The lowest BCUT2D eigenvalue weighted by Crippen LogP contribution is -2.06. The van der Waals surface area contributed by atoms with Crippen LogP contribution in [0.25, 0.3) is 0 Å². The predicted molar refractivity (Wildman–Crippen MR) is 39.3 cm³/mol. The fourth-order valence-electron chi connectivity index (χ4n) is 0.843. The Labute approximate surface area is 80.5 Å². The van der Waals surface area contributed by atoms with Gasteiger partial charge in [-0.15, -0.1) is 0 Å². The Morgan fingerprint density at radius 1 is 1.43 bits per heavy atom. The van der Waals surface area contributed by atoms with E-state index in [0.29, 0.717) is 6.20 Å². The van der Waals surface area contributed by atoms with Crippen molar-refractivity contribution >= 4 is 16.8 Å². The summed E-state index contributed by atoms with van der Waals surface area (Å²) in [6, 6.07) is 0. The van der Waals surface area contributed by atoms with E-state index < -0.39 is 34.6 Å². The maximum absolute atomic E-state index is 12.8. The first-order valence-electron chi connectivity index (χ1n) is 3.27. The average molecular weight is 228 g/mol. The molecule has 7 heteroatoms. The SMILES string of the molecule is O=C(Cl)c1c(C(F)F)cnc(F)c1F. The third kappa shape index (κ3) is 1.84. The lowest BCUT2D eigenvalue weighted by Gasteiger charge is -2.05. The van der Waals surface area contributed by atoms with Crippen LogP contribution in [0.3, 0.4) is 0 Å². The normalized spacial score (nSPS) is 10.7. The first-order valence-corrected chi connectivity index (χ1v) is 3.64. The summed E-state index contributed by atoms with van der Waals surface area (Å²) in [6.45, 7) is 0. The van der Waals surface area contributed by atoms with Gasteiger partial charge in [-0.2, -0.15) is 4.39 Å². The highest BCUT2D eigenvalue weighted by Gasteiger charge is 2.24. The number of hydrogen-bond acceptors (Lipinski definition) is 2. The molecule has 0 aliphatic heterocycles. The van der Waals surface area contributed by atoms with Gasteiger partial charge in [-0.25, -0.2) is 18.2 Å². The molecule has 0 saturated carbocycles. The van der Waals surface area contributed by atoms with Crippen LogP contribution in [0.4, 0.5) is 17.6 Å². The van der Waals surface area contributed by atoms with Gasteiger partial charge in [0.1, 0.15) is 0 Å². The van der Waals surface area contributed by atoms with Gasteiger partial charge in [-0.05, 0) is 11.6 Å². The maximum Gasteiger partial charge on any atom is 0.266 e. The van der Waals surface area contributed by atoms with Gasteiger partial charge in [-0.3, -0.25) is 4.79 Å². The Balaban J connectivity index is 3.45. The molecule has 76 valence electrons. The second-order valence-corrected chi connectivity index (χ2v) is 2.61. The van der Waals surface area contributed by atoms with Gasteiger partial charge in [0, 0.05) is 6.20 Å². The van der Waals surface area contributed by atoms with E-state index in [4.69, 9.17) is 11.6 Å². The Morgan fingerprint density at radius 3 is 2.43 bits per heavy atom. The largest absolute Gasteiger partial charge is 0.275 e. The molecular weight excluding hydrogens is 226 g/mol. The van der Waals surface area contributed by atoms with Crippen molar-refractivity contribution in [3.63, 3.8) is 0 Å². The standard InChI is InChI=1S/C7H2ClF4NO/c8-5(14)3-2(6(10)11)1-13-7(12)4(3)9/h1,6H. The molecule has 1 aromatic rings. The van der Waals surface area contributed by atoms with Crippen LogP contribution >= 0.6 is 11.6 Å². The van der Waals surface area contributed by atoms with Crippen LogP contribution in [0.2, 0.25) is 0 Å². The lowest BCUT2D eigenvalue weighted by molar-refractivity contribution is 0.105.